The lowest BCUT2D eigenvalue weighted by Gasteiger charge is -2.22. The van der Waals surface area contributed by atoms with E-state index < -0.39 is 0 Å². The van der Waals surface area contributed by atoms with E-state index in [0.717, 1.165) is 54.8 Å². The Labute approximate surface area is 177 Å². The number of ether oxygens (including phenoxy) is 1. The van der Waals surface area contributed by atoms with E-state index in [0.29, 0.717) is 12.6 Å². The van der Waals surface area contributed by atoms with E-state index in [1.807, 2.05) is 24.3 Å². The number of benzene rings is 1. The first-order chi connectivity index (χ1) is 14.7. The molecule has 158 valence electrons. The van der Waals surface area contributed by atoms with Crippen LogP contribution in [0.1, 0.15) is 24.7 Å². The summed E-state index contributed by atoms with van der Waals surface area (Å²) in [5, 5.41) is 6.95. The molecule has 0 bridgehead atoms. The molecule has 0 saturated carbocycles. The van der Waals surface area contributed by atoms with Crippen molar-refractivity contribution in [3.8, 4) is 5.75 Å². The molecule has 0 aliphatic carbocycles. The normalized spacial score (nSPS) is 16.8. The number of nitrogens with zero attached hydrogens (tertiary/aromatic N) is 4. The molecule has 0 amide bonds. The number of imidazole rings is 1. The van der Waals surface area contributed by atoms with Gasteiger partial charge in [-0.25, -0.2) is 9.98 Å². The van der Waals surface area contributed by atoms with Gasteiger partial charge in [-0.05, 0) is 44.5 Å². The number of guanidine groups is 1. The molecule has 0 radical (unpaired) electrons. The molecule has 1 saturated heterocycles. The lowest BCUT2D eigenvalue weighted by Crippen LogP contribution is -2.44. The largest absolute Gasteiger partial charge is 0.495 e. The fourth-order valence-electron chi connectivity index (χ4n) is 3.94. The summed E-state index contributed by atoms with van der Waals surface area (Å²) in [6.45, 7) is 7.43. The van der Waals surface area contributed by atoms with Gasteiger partial charge in [0.15, 0.2) is 5.96 Å². The quantitative estimate of drug-likeness (QED) is 0.487. The Morgan fingerprint density at radius 2 is 2.10 bits per heavy atom. The fraction of sp³-hybridized carbons (Fsp3) is 0.391. The Bertz CT molecular complexity index is 1030. The third kappa shape index (κ3) is 4.35. The molecule has 1 unspecified atom stereocenters. The second kappa shape index (κ2) is 9.07. The van der Waals surface area contributed by atoms with Gasteiger partial charge in [0.05, 0.1) is 25.0 Å². The molecule has 1 fully saturated rings. The molecule has 3 aromatic rings. The highest BCUT2D eigenvalue weighted by atomic mass is 16.5. The Kier molecular flexibility index (Phi) is 6.07. The number of nitrogens with one attached hydrogen (secondary N) is 2. The predicted molar refractivity (Wildman–Crippen MR) is 121 cm³/mol. The van der Waals surface area contributed by atoms with Crippen LogP contribution in [-0.2, 0) is 6.54 Å². The smallest absolute Gasteiger partial charge is 0.191 e. The number of anilines is 1. The zero-order valence-corrected chi connectivity index (χ0v) is 17.9. The van der Waals surface area contributed by atoms with Gasteiger partial charge in [0.1, 0.15) is 11.4 Å². The molecule has 30 heavy (non-hydrogen) atoms. The zero-order chi connectivity index (χ0) is 20.9. The van der Waals surface area contributed by atoms with Crippen LogP contribution in [0.5, 0.6) is 5.75 Å². The molecule has 1 aliphatic rings. The Morgan fingerprint density at radius 1 is 1.23 bits per heavy atom. The van der Waals surface area contributed by atoms with Crippen molar-refractivity contribution in [1.82, 2.24) is 20.0 Å². The highest BCUT2D eigenvalue weighted by Gasteiger charge is 2.25. The third-order valence-corrected chi connectivity index (χ3v) is 5.44. The van der Waals surface area contributed by atoms with Gasteiger partial charge >= 0.3 is 0 Å². The molecular formula is C23H30N6O. The third-order valence-electron chi connectivity index (χ3n) is 5.44. The van der Waals surface area contributed by atoms with Crippen molar-refractivity contribution < 1.29 is 4.74 Å². The van der Waals surface area contributed by atoms with Crippen LogP contribution >= 0.6 is 0 Å². The number of hydrogen-bond acceptors (Lipinski definition) is 4. The van der Waals surface area contributed by atoms with Crippen LogP contribution < -0.4 is 20.3 Å². The number of aromatic nitrogens is 2. The molecule has 3 heterocycles. The summed E-state index contributed by atoms with van der Waals surface area (Å²) in [5.41, 5.74) is 4.24. The number of aliphatic imine (C=N–C) groups is 1. The van der Waals surface area contributed by atoms with Crippen molar-refractivity contribution in [1.29, 1.82) is 0 Å². The van der Waals surface area contributed by atoms with Crippen molar-refractivity contribution in [3.63, 3.8) is 0 Å². The second-order valence-electron chi connectivity index (χ2n) is 7.57. The summed E-state index contributed by atoms with van der Waals surface area (Å²) in [5.74, 6) is 1.75. The molecule has 7 heteroatoms. The highest BCUT2D eigenvalue weighted by Crippen LogP contribution is 2.30. The maximum Gasteiger partial charge on any atom is 0.191 e. The van der Waals surface area contributed by atoms with Crippen LogP contribution in [0.15, 0.2) is 53.7 Å². The molecule has 0 spiro atoms. The van der Waals surface area contributed by atoms with Gasteiger partial charge in [0.2, 0.25) is 0 Å². The minimum Gasteiger partial charge on any atom is -0.495 e. The number of pyridine rings is 1. The summed E-state index contributed by atoms with van der Waals surface area (Å²) in [7, 11) is 1.72. The van der Waals surface area contributed by atoms with Gasteiger partial charge in [-0.15, -0.1) is 0 Å². The first kappa shape index (κ1) is 20.1. The van der Waals surface area contributed by atoms with Crippen molar-refractivity contribution in [2.75, 3.05) is 31.6 Å². The van der Waals surface area contributed by atoms with Crippen molar-refractivity contribution in [2.45, 2.75) is 32.9 Å². The number of fused-ring (bicyclic) bond motifs is 1. The number of rotatable bonds is 6. The van der Waals surface area contributed by atoms with Gasteiger partial charge < -0.3 is 24.7 Å². The van der Waals surface area contributed by atoms with E-state index in [-0.39, 0.29) is 0 Å². The van der Waals surface area contributed by atoms with E-state index in [9.17, 15) is 0 Å². The Morgan fingerprint density at radius 3 is 2.90 bits per heavy atom. The van der Waals surface area contributed by atoms with Crippen LogP contribution in [0.2, 0.25) is 0 Å². The maximum atomic E-state index is 5.53. The van der Waals surface area contributed by atoms with Crippen molar-refractivity contribution in [3.05, 3.63) is 60.0 Å². The summed E-state index contributed by atoms with van der Waals surface area (Å²) in [6.07, 6.45) is 3.12. The minimum atomic E-state index is 0.330. The first-order valence-electron chi connectivity index (χ1n) is 10.5. The lowest BCUT2D eigenvalue weighted by molar-refractivity contribution is 0.415. The van der Waals surface area contributed by atoms with Crippen molar-refractivity contribution in [2.24, 2.45) is 4.99 Å². The summed E-state index contributed by atoms with van der Waals surface area (Å²) in [6, 6.07) is 14.7. The zero-order valence-electron chi connectivity index (χ0n) is 17.9. The fourth-order valence-corrected chi connectivity index (χ4v) is 3.94. The average Bonchev–Trinajstić information content (AvgIpc) is 3.40. The maximum absolute atomic E-state index is 5.53. The molecule has 4 rings (SSSR count). The molecule has 7 nitrogen and oxygen atoms in total. The summed E-state index contributed by atoms with van der Waals surface area (Å²) >= 11 is 0. The van der Waals surface area contributed by atoms with Gasteiger partial charge in [-0.2, -0.15) is 0 Å². The molecule has 1 aliphatic heterocycles. The Hall–Kier alpha value is -3.22. The monoisotopic (exact) mass is 406 g/mol. The van der Waals surface area contributed by atoms with E-state index in [4.69, 9.17) is 9.73 Å². The topological polar surface area (TPSA) is 66.2 Å². The molecule has 1 atom stereocenters. The van der Waals surface area contributed by atoms with Crippen LogP contribution in [0.25, 0.3) is 5.65 Å². The SMILES string of the molecule is CCNC(=NCc1cn2c(C)cccc2n1)NC1CCN(c2ccccc2OC)C1. The summed E-state index contributed by atoms with van der Waals surface area (Å²) < 4.78 is 7.63. The van der Waals surface area contributed by atoms with Crippen LogP contribution in [0.3, 0.4) is 0 Å². The molecular weight excluding hydrogens is 376 g/mol. The highest BCUT2D eigenvalue weighted by molar-refractivity contribution is 5.80. The van der Waals surface area contributed by atoms with E-state index >= 15 is 0 Å². The van der Waals surface area contributed by atoms with Crippen LogP contribution in [0.4, 0.5) is 5.69 Å². The van der Waals surface area contributed by atoms with E-state index in [1.54, 1.807) is 7.11 Å². The van der Waals surface area contributed by atoms with Crippen molar-refractivity contribution >= 4 is 17.3 Å². The number of para-hydroxylation sites is 2. The summed E-state index contributed by atoms with van der Waals surface area (Å²) in [4.78, 5) is 11.8. The van der Waals surface area contributed by atoms with Crippen LogP contribution in [-0.4, -0.2) is 48.1 Å². The standard InChI is InChI=1S/C23H30N6O/c1-4-24-23(25-14-19-16-29-17(2)8-7-11-22(29)26-19)27-18-12-13-28(15-18)20-9-5-6-10-21(20)30-3/h5-11,16,18H,4,12-15H2,1-3H3,(H2,24,25,27). The van der Waals surface area contributed by atoms with Crippen LogP contribution in [0, 0.1) is 6.92 Å². The van der Waals surface area contributed by atoms with Gasteiger partial charge in [-0.1, -0.05) is 18.2 Å². The molecule has 1 aromatic carbocycles. The van der Waals surface area contributed by atoms with E-state index in [1.165, 1.54) is 5.69 Å². The minimum absolute atomic E-state index is 0.330. The van der Waals surface area contributed by atoms with Gasteiger partial charge in [0.25, 0.3) is 0 Å². The average molecular weight is 407 g/mol. The van der Waals surface area contributed by atoms with Gasteiger partial charge in [-0.3, -0.25) is 0 Å². The van der Waals surface area contributed by atoms with Gasteiger partial charge in [0, 0.05) is 37.6 Å². The number of aryl methyl sites for hydroxylation is 1. The first-order valence-corrected chi connectivity index (χ1v) is 10.5. The Balaban J connectivity index is 1.42. The number of hydrogen-bond donors (Lipinski definition) is 2. The molecule has 2 N–H and O–H groups in total. The number of methoxy groups -OCH3 is 1. The second-order valence-corrected chi connectivity index (χ2v) is 7.57. The molecule has 2 aromatic heterocycles. The predicted octanol–water partition coefficient (Wildman–Crippen LogP) is 2.99. The lowest BCUT2D eigenvalue weighted by atomic mass is 10.2. The van der Waals surface area contributed by atoms with E-state index in [2.05, 4.69) is 63.2 Å².